The molecule has 118 valence electrons. The van der Waals surface area contributed by atoms with Crippen LogP contribution in [0, 0.1) is 5.92 Å². The van der Waals surface area contributed by atoms with Crippen molar-refractivity contribution in [2.75, 3.05) is 11.9 Å². The molecule has 0 atom stereocenters. The highest BCUT2D eigenvalue weighted by Crippen LogP contribution is 2.32. The van der Waals surface area contributed by atoms with E-state index in [9.17, 15) is 0 Å². The lowest BCUT2D eigenvalue weighted by Crippen LogP contribution is -2.36. The zero-order valence-corrected chi connectivity index (χ0v) is 14.1. The molecule has 2 rings (SSSR count). The van der Waals surface area contributed by atoms with Crippen molar-refractivity contribution in [2.45, 2.75) is 71.5 Å². The molecule has 21 heavy (non-hydrogen) atoms. The van der Waals surface area contributed by atoms with E-state index in [1.54, 1.807) is 0 Å². The molecule has 1 N–H and O–H groups in total. The Hall–Kier alpha value is -1.09. The third-order valence-corrected chi connectivity index (χ3v) is 4.90. The van der Waals surface area contributed by atoms with E-state index in [0.29, 0.717) is 12.1 Å². The molecule has 1 aliphatic rings. The molecule has 3 nitrogen and oxygen atoms in total. The molecular weight excluding hydrogens is 258 g/mol. The third-order valence-electron chi connectivity index (χ3n) is 4.90. The molecule has 1 saturated carbocycles. The smallest absolute Gasteiger partial charge is 0.0442 e. The van der Waals surface area contributed by atoms with E-state index >= 15 is 0 Å². The van der Waals surface area contributed by atoms with E-state index in [2.05, 4.69) is 49.1 Å². The molecule has 0 aromatic carbocycles. The van der Waals surface area contributed by atoms with E-state index in [0.717, 1.165) is 12.5 Å². The fraction of sp³-hybridized carbons (Fsp3) is 0.722. The van der Waals surface area contributed by atoms with Crippen LogP contribution < -0.4 is 10.2 Å². The zero-order valence-electron chi connectivity index (χ0n) is 14.1. The quantitative estimate of drug-likeness (QED) is 0.858. The van der Waals surface area contributed by atoms with Crippen LogP contribution >= 0.6 is 0 Å². The number of anilines is 1. The van der Waals surface area contributed by atoms with Crippen LogP contribution in [0.15, 0.2) is 18.5 Å². The Balaban J connectivity index is 2.03. The minimum absolute atomic E-state index is 0.503. The molecule has 1 aromatic rings. The summed E-state index contributed by atoms with van der Waals surface area (Å²) < 4.78 is 0. The van der Waals surface area contributed by atoms with E-state index in [1.807, 2.05) is 12.4 Å². The van der Waals surface area contributed by atoms with Crippen molar-refractivity contribution in [1.82, 2.24) is 10.3 Å². The van der Waals surface area contributed by atoms with Gasteiger partial charge in [-0.25, -0.2) is 0 Å². The Labute approximate surface area is 130 Å². The van der Waals surface area contributed by atoms with E-state index in [-0.39, 0.29) is 0 Å². The van der Waals surface area contributed by atoms with Gasteiger partial charge in [0.2, 0.25) is 0 Å². The van der Waals surface area contributed by atoms with Crippen molar-refractivity contribution in [2.24, 2.45) is 5.92 Å². The summed E-state index contributed by atoms with van der Waals surface area (Å²) in [5, 5.41) is 3.51. The van der Waals surface area contributed by atoms with Crippen molar-refractivity contribution in [3.05, 3.63) is 24.0 Å². The second-order valence-electron chi connectivity index (χ2n) is 6.73. The Morgan fingerprint density at radius 3 is 2.62 bits per heavy atom. The largest absolute Gasteiger partial charge is 0.371 e. The van der Waals surface area contributed by atoms with E-state index in [1.165, 1.54) is 43.4 Å². The van der Waals surface area contributed by atoms with Gasteiger partial charge in [-0.1, -0.05) is 27.2 Å². The third kappa shape index (κ3) is 4.44. The van der Waals surface area contributed by atoms with Gasteiger partial charge < -0.3 is 10.2 Å². The average Bonchev–Trinajstić information content (AvgIpc) is 2.52. The highest BCUT2D eigenvalue weighted by Gasteiger charge is 2.24. The van der Waals surface area contributed by atoms with E-state index in [4.69, 9.17) is 0 Å². The summed E-state index contributed by atoms with van der Waals surface area (Å²) in [7, 11) is 2.26. The molecule has 1 aromatic heterocycles. The van der Waals surface area contributed by atoms with Crippen LogP contribution in [0.2, 0.25) is 0 Å². The fourth-order valence-corrected chi connectivity index (χ4v) is 3.35. The number of aromatic nitrogens is 1. The molecule has 0 spiro atoms. The van der Waals surface area contributed by atoms with Crippen LogP contribution in [0.3, 0.4) is 0 Å². The first-order valence-electron chi connectivity index (χ1n) is 8.50. The van der Waals surface area contributed by atoms with Crippen molar-refractivity contribution >= 4 is 5.69 Å². The molecule has 1 heterocycles. The summed E-state index contributed by atoms with van der Waals surface area (Å²) in [5.41, 5.74) is 2.66. The maximum absolute atomic E-state index is 4.31. The van der Waals surface area contributed by atoms with Gasteiger partial charge in [0.25, 0.3) is 0 Å². The summed E-state index contributed by atoms with van der Waals surface area (Å²) in [6.07, 6.45) is 10.7. The lowest BCUT2D eigenvalue weighted by molar-refractivity contribution is 0.313. The van der Waals surface area contributed by atoms with Crippen LogP contribution in [0.5, 0.6) is 0 Å². The Morgan fingerprint density at radius 1 is 1.29 bits per heavy atom. The lowest BCUT2D eigenvalue weighted by Gasteiger charge is -2.36. The van der Waals surface area contributed by atoms with Gasteiger partial charge in [-0.05, 0) is 37.7 Å². The van der Waals surface area contributed by atoms with Crippen molar-refractivity contribution in [3.63, 3.8) is 0 Å². The lowest BCUT2D eigenvalue weighted by atomic mass is 9.84. The number of nitrogens with one attached hydrogen (secondary N) is 1. The Morgan fingerprint density at radius 2 is 2.00 bits per heavy atom. The van der Waals surface area contributed by atoms with Gasteiger partial charge in [0.1, 0.15) is 0 Å². The molecule has 3 heteroatoms. The summed E-state index contributed by atoms with van der Waals surface area (Å²) >= 11 is 0. The zero-order chi connectivity index (χ0) is 15.2. The summed E-state index contributed by atoms with van der Waals surface area (Å²) in [6, 6.07) is 3.36. The molecule has 0 aliphatic heterocycles. The molecular formula is C18H31N3. The highest BCUT2D eigenvalue weighted by molar-refractivity contribution is 5.52. The van der Waals surface area contributed by atoms with Gasteiger partial charge in [-0.15, -0.1) is 0 Å². The molecule has 0 radical (unpaired) electrons. The predicted octanol–water partition coefficient (Wildman–Crippen LogP) is 3.98. The van der Waals surface area contributed by atoms with Crippen LogP contribution in [0.25, 0.3) is 0 Å². The number of hydrogen-bond donors (Lipinski definition) is 1. The van der Waals surface area contributed by atoms with Crippen molar-refractivity contribution in [1.29, 1.82) is 0 Å². The molecule has 1 fully saturated rings. The van der Waals surface area contributed by atoms with Crippen LogP contribution in [0.4, 0.5) is 5.69 Å². The maximum atomic E-state index is 4.31. The summed E-state index contributed by atoms with van der Waals surface area (Å²) in [4.78, 5) is 6.80. The highest BCUT2D eigenvalue weighted by atomic mass is 15.1. The van der Waals surface area contributed by atoms with Gasteiger partial charge in [0, 0.05) is 49.3 Å². The minimum atomic E-state index is 0.503. The Bertz CT molecular complexity index is 422. The van der Waals surface area contributed by atoms with Crippen LogP contribution in [-0.2, 0) is 6.54 Å². The molecule has 1 aliphatic carbocycles. The van der Waals surface area contributed by atoms with Crippen LogP contribution in [-0.4, -0.2) is 24.1 Å². The normalized spacial score (nSPS) is 22.5. The first-order valence-corrected chi connectivity index (χ1v) is 8.50. The van der Waals surface area contributed by atoms with Gasteiger partial charge in [0.15, 0.2) is 0 Å². The average molecular weight is 289 g/mol. The van der Waals surface area contributed by atoms with E-state index < -0.39 is 0 Å². The molecule has 0 unspecified atom stereocenters. The standard InChI is InChI=1S/C18H31N3/c1-5-15-6-8-17(9-7-15)21(4)18-10-11-19-12-16(18)13-20-14(2)3/h10-12,14-15,17,20H,5-9,13H2,1-4H3. The van der Waals surface area contributed by atoms with Gasteiger partial charge in [0.05, 0.1) is 0 Å². The van der Waals surface area contributed by atoms with Gasteiger partial charge in [-0.3, -0.25) is 4.98 Å². The number of nitrogens with zero attached hydrogens (tertiary/aromatic N) is 2. The monoisotopic (exact) mass is 289 g/mol. The second-order valence-corrected chi connectivity index (χ2v) is 6.73. The number of hydrogen-bond acceptors (Lipinski definition) is 3. The second kappa shape index (κ2) is 7.79. The Kier molecular flexibility index (Phi) is 6.04. The van der Waals surface area contributed by atoms with Crippen molar-refractivity contribution < 1.29 is 0 Å². The molecule has 0 amide bonds. The van der Waals surface area contributed by atoms with Crippen LogP contribution in [0.1, 0.15) is 58.4 Å². The topological polar surface area (TPSA) is 28.2 Å². The molecule has 0 bridgehead atoms. The number of pyridine rings is 1. The first kappa shape index (κ1) is 16.3. The van der Waals surface area contributed by atoms with Gasteiger partial charge >= 0.3 is 0 Å². The van der Waals surface area contributed by atoms with Gasteiger partial charge in [-0.2, -0.15) is 0 Å². The SMILES string of the molecule is CCC1CCC(N(C)c2ccncc2CNC(C)C)CC1. The fourth-order valence-electron chi connectivity index (χ4n) is 3.35. The summed E-state index contributed by atoms with van der Waals surface area (Å²) in [6.45, 7) is 7.60. The van der Waals surface area contributed by atoms with Crippen molar-refractivity contribution in [3.8, 4) is 0 Å². The number of rotatable bonds is 6. The summed E-state index contributed by atoms with van der Waals surface area (Å²) in [5.74, 6) is 0.953. The maximum Gasteiger partial charge on any atom is 0.0442 e. The molecule has 0 saturated heterocycles. The predicted molar refractivity (Wildman–Crippen MR) is 90.7 cm³/mol. The first-order chi connectivity index (χ1) is 10.1. The minimum Gasteiger partial charge on any atom is -0.371 e.